The third kappa shape index (κ3) is 10.5. The van der Waals surface area contributed by atoms with Gasteiger partial charge in [0.25, 0.3) is 0 Å². The van der Waals surface area contributed by atoms with Gasteiger partial charge in [0.15, 0.2) is 0 Å². The van der Waals surface area contributed by atoms with Crippen molar-refractivity contribution in [1.82, 2.24) is 0 Å². The highest BCUT2D eigenvalue weighted by Crippen LogP contribution is 2.12. The number of aliphatic hydroxyl groups excluding tert-OH is 4. The Labute approximate surface area is 117 Å². The fraction of sp³-hybridized carbons (Fsp3) is 1.00. The Hall–Kier alpha value is -0.320. The van der Waals surface area contributed by atoms with Crippen LogP contribution in [0.1, 0.15) is 0 Å². The largest absolute Gasteiger partial charge is 0.394 e. The first kappa shape index (κ1) is 17.7. The Morgan fingerprint density at radius 3 is 1.55 bits per heavy atom. The van der Waals surface area contributed by atoms with Crippen LogP contribution in [0.4, 0.5) is 0 Å². The third-order valence-corrected chi connectivity index (χ3v) is 2.45. The number of epoxide rings is 2. The molecule has 2 saturated heterocycles. The van der Waals surface area contributed by atoms with E-state index in [1.54, 1.807) is 0 Å². The highest BCUT2D eigenvalue weighted by Gasteiger charge is 2.26. The first-order valence-electron chi connectivity index (χ1n) is 6.62. The van der Waals surface area contributed by atoms with Crippen LogP contribution in [0.15, 0.2) is 0 Å². The van der Waals surface area contributed by atoms with E-state index in [1.807, 2.05) is 0 Å². The molecule has 2 fully saturated rings. The molecule has 2 heterocycles. The van der Waals surface area contributed by atoms with Crippen LogP contribution in [0.25, 0.3) is 0 Å². The first-order valence-corrected chi connectivity index (χ1v) is 6.62. The van der Waals surface area contributed by atoms with Gasteiger partial charge >= 0.3 is 0 Å². The van der Waals surface area contributed by atoms with Crippen molar-refractivity contribution in [3.63, 3.8) is 0 Å². The highest BCUT2D eigenvalue weighted by molar-refractivity contribution is 4.71. The molecular formula is C12H24O8. The van der Waals surface area contributed by atoms with Crippen molar-refractivity contribution in [3.05, 3.63) is 0 Å². The monoisotopic (exact) mass is 296 g/mol. The predicted octanol–water partition coefficient (Wildman–Crippen LogP) is -2.49. The Bertz CT molecular complexity index is 209. The average molecular weight is 296 g/mol. The molecule has 0 aliphatic carbocycles. The van der Waals surface area contributed by atoms with Gasteiger partial charge in [0.1, 0.15) is 24.4 Å². The number of ether oxygens (including phenoxy) is 4. The molecule has 0 saturated carbocycles. The molecule has 0 radical (unpaired) electrons. The molecule has 8 nitrogen and oxygen atoms in total. The van der Waals surface area contributed by atoms with Crippen molar-refractivity contribution in [2.24, 2.45) is 0 Å². The van der Waals surface area contributed by atoms with Gasteiger partial charge in [-0.05, 0) is 0 Å². The van der Waals surface area contributed by atoms with Crippen LogP contribution < -0.4 is 0 Å². The van der Waals surface area contributed by atoms with Crippen molar-refractivity contribution in [1.29, 1.82) is 0 Å². The van der Waals surface area contributed by atoms with Crippen molar-refractivity contribution in [2.75, 3.05) is 52.9 Å². The van der Waals surface area contributed by atoms with Crippen LogP contribution in [0.2, 0.25) is 0 Å². The van der Waals surface area contributed by atoms with E-state index in [1.165, 1.54) is 0 Å². The number of aliphatic hydroxyl groups is 4. The molecule has 0 bridgehead atoms. The SMILES string of the molecule is C(OCC1CO1)C1CO1.OCC(O)COCC(O)CO. The second kappa shape index (κ2) is 10.4. The minimum atomic E-state index is -0.916. The van der Waals surface area contributed by atoms with Gasteiger partial charge in [0.2, 0.25) is 0 Å². The van der Waals surface area contributed by atoms with Crippen molar-refractivity contribution >= 4 is 0 Å². The van der Waals surface area contributed by atoms with E-state index < -0.39 is 12.2 Å². The number of hydrogen-bond donors (Lipinski definition) is 4. The van der Waals surface area contributed by atoms with E-state index in [2.05, 4.69) is 0 Å². The molecule has 4 N–H and O–H groups in total. The summed E-state index contributed by atoms with van der Waals surface area (Å²) in [5, 5.41) is 34.1. The predicted molar refractivity (Wildman–Crippen MR) is 67.3 cm³/mol. The van der Waals surface area contributed by atoms with Crippen molar-refractivity contribution < 1.29 is 39.4 Å². The van der Waals surface area contributed by atoms with E-state index in [4.69, 9.17) is 39.4 Å². The van der Waals surface area contributed by atoms with Gasteiger partial charge in [-0.3, -0.25) is 0 Å². The lowest BCUT2D eigenvalue weighted by Gasteiger charge is -2.10. The van der Waals surface area contributed by atoms with Crippen LogP contribution in [0.5, 0.6) is 0 Å². The van der Waals surface area contributed by atoms with E-state index >= 15 is 0 Å². The number of hydrogen-bond acceptors (Lipinski definition) is 8. The first-order chi connectivity index (χ1) is 9.65. The van der Waals surface area contributed by atoms with E-state index in [9.17, 15) is 0 Å². The van der Waals surface area contributed by atoms with Crippen molar-refractivity contribution in [3.8, 4) is 0 Å². The summed E-state index contributed by atoms with van der Waals surface area (Å²) in [4.78, 5) is 0. The smallest absolute Gasteiger partial charge is 0.104 e. The lowest BCUT2D eigenvalue weighted by atomic mass is 10.4. The lowest BCUT2D eigenvalue weighted by Crippen LogP contribution is -2.25. The zero-order valence-electron chi connectivity index (χ0n) is 11.4. The zero-order chi connectivity index (χ0) is 14.8. The van der Waals surface area contributed by atoms with Crippen LogP contribution in [-0.4, -0.2) is 97.7 Å². The molecule has 120 valence electrons. The molecule has 0 amide bonds. The van der Waals surface area contributed by atoms with Crippen LogP contribution >= 0.6 is 0 Å². The molecule has 2 aliphatic heterocycles. The summed E-state index contributed by atoms with van der Waals surface area (Å²) in [6, 6.07) is 0. The second-order valence-corrected chi connectivity index (χ2v) is 4.66. The third-order valence-electron chi connectivity index (χ3n) is 2.45. The minimum absolute atomic E-state index is 0.0342. The van der Waals surface area contributed by atoms with Gasteiger partial charge in [-0.2, -0.15) is 0 Å². The van der Waals surface area contributed by atoms with Gasteiger partial charge in [-0.1, -0.05) is 0 Å². The Kier molecular flexibility index (Phi) is 9.23. The fourth-order valence-electron chi connectivity index (χ4n) is 1.10. The standard InChI is InChI=1S/C6H14O5.C6H10O3/c7-1-5(9)3-11-4-6(10)2-8;1(5-3-8-5)7-2-6-4-9-6/h5-10H,1-4H2;5-6H,1-4H2. The minimum Gasteiger partial charge on any atom is -0.394 e. The summed E-state index contributed by atoms with van der Waals surface area (Å²) < 4.78 is 19.8. The summed E-state index contributed by atoms with van der Waals surface area (Å²) in [5.74, 6) is 0. The Morgan fingerprint density at radius 1 is 0.850 bits per heavy atom. The normalized spacial score (nSPS) is 26.4. The fourth-order valence-corrected chi connectivity index (χ4v) is 1.10. The molecule has 20 heavy (non-hydrogen) atoms. The molecular weight excluding hydrogens is 272 g/mol. The number of rotatable bonds is 10. The average Bonchev–Trinajstić information content (AvgIpc) is 3.33. The van der Waals surface area contributed by atoms with Crippen LogP contribution in [0.3, 0.4) is 0 Å². The van der Waals surface area contributed by atoms with Gasteiger partial charge in [0.05, 0.1) is 52.9 Å². The molecule has 0 aromatic rings. The molecule has 2 aliphatic rings. The van der Waals surface area contributed by atoms with E-state index in [-0.39, 0.29) is 26.4 Å². The maximum atomic E-state index is 8.72. The summed E-state index contributed by atoms with van der Waals surface area (Å²) in [5.41, 5.74) is 0. The van der Waals surface area contributed by atoms with Crippen molar-refractivity contribution in [2.45, 2.75) is 24.4 Å². The zero-order valence-corrected chi connectivity index (χ0v) is 11.4. The molecule has 0 aromatic carbocycles. The topological polar surface area (TPSA) is 124 Å². The summed E-state index contributed by atoms with van der Waals surface area (Å²) in [6.45, 7) is 2.46. The Balaban J connectivity index is 0.000000202. The van der Waals surface area contributed by atoms with Gasteiger partial charge in [0, 0.05) is 0 Å². The van der Waals surface area contributed by atoms with Crippen LogP contribution in [0, 0.1) is 0 Å². The van der Waals surface area contributed by atoms with Gasteiger partial charge < -0.3 is 39.4 Å². The summed E-state index contributed by atoms with van der Waals surface area (Å²) in [6.07, 6.45) is -1.05. The molecule has 0 spiro atoms. The molecule has 4 unspecified atom stereocenters. The molecule has 2 rings (SSSR count). The van der Waals surface area contributed by atoms with Crippen LogP contribution in [-0.2, 0) is 18.9 Å². The maximum Gasteiger partial charge on any atom is 0.104 e. The molecule has 8 heteroatoms. The summed E-state index contributed by atoms with van der Waals surface area (Å²) in [7, 11) is 0. The van der Waals surface area contributed by atoms with Gasteiger partial charge in [-0.25, -0.2) is 0 Å². The molecule has 0 aromatic heterocycles. The lowest BCUT2D eigenvalue weighted by molar-refractivity contribution is -0.0364. The summed E-state index contributed by atoms with van der Waals surface area (Å²) >= 11 is 0. The maximum absolute atomic E-state index is 8.72. The van der Waals surface area contributed by atoms with Gasteiger partial charge in [-0.15, -0.1) is 0 Å². The Morgan fingerprint density at radius 2 is 1.25 bits per heavy atom. The highest BCUT2D eigenvalue weighted by atomic mass is 16.6. The van der Waals surface area contributed by atoms with E-state index in [0.717, 1.165) is 26.4 Å². The molecule has 4 atom stereocenters. The quantitative estimate of drug-likeness (QED) is 0.326. The second-order valence-electron chi connectivity index (χ2n) is 4.66. The van der Waals surface area contributed by atoms with E-state index in [0.29, 0.717) is 12.2 Å².